The first-order valence-electron chi connectivity index (χ1n) is 15.2. The number of piperidine rings is 1. The second kappa shape index (κ2) is 13.2. The van der Waals surface area contributed by atoms with E-state index in [1.165, 1.54) is 6.26 Å². The van der Waals surface area contributed by atoms with Crippen LogP contribution < -0.4 is 15.8 Å². The standard InChI is InChI=1S/C31H44N6O5S/c1-31(2,32)29(38)42-24-13-17-36(18-14-24)23-10-8-22(9-11-23)34-30-33-16-12-28(35-30)37-19-15-25-26(37)6-4-7-27(25)41-20-5-21-43(3,39)40/h4,6-7,12,15-16,19,22-24H,5,8-11,13-14,17-18,20-21,32H2,1-3H3,(H,33,34,35). The largest absolute Gasteiger partial charge is 0.493 e. The van der Waals surface area contributed by atoms with Gasteiger partial charge in [0.2, 0.25) is 5.95 Å². The van der Waals surface area contributed by atoms with Gasteiger partial charge in [-0.25, -0.2) is 13.4 Å². The maximum Gasteiger partial charge on any atom is 0.325 e. The smallest absolute Gasteiger partial charge is 0.325 e. The van der Waals surface area contributed by atoms with E-state index in [9.17, 15) is 13.2 Å². The average Bonchev–Trinajstić information content (AvgIpc) is 3.40. The number of sulfone groups is 1. The lowest BCUT2D eigenvalue weighted by molar-refractivity contribution is -0.156. The Morgan fingerprint density at radius 3 is 2.53 bits per heavy atom. The third-order valence-corrected chi connectivity index (χ3v) is 9.35. The molecular weight excluding hydrogens is 568 g/mol. The highest BCUT2D eigenvalue weighted by Gasteiger charge is 2.32. The second-order valence-electron chi connectivity index (χ2n) is 12.5. The highest BCUT2D eigenvalue weighted by Crippen LogP contribution is 2.30. The molecule has 1 aromatic carbocycles. The maximum absolute atomic E-state index is 12.1. The first-order chi connectivity index (χ1) is 20.5. The Labute approximate surface area is 254 Å². The van der Waals surface area contributed by atoms with Crippen molar-refractivity contribution in [2.45, 2.75) is 82.5 Å². The summed E-state index contributed by atoms with van der Waals surface area (Å²) < 4.78 is 36.4. The van der Waals surface area contributed by atoms with Crippen molar-refractivity contribution in [2.75, 3.05) is 37.0 Å². The minimum atomic E-state index is -3.01. The van der Waals surface area contributed by atoms with E-state index in [-0.39, 0.29) is 17.8 Å². The zero-order chi connectivity index (χ0) is 30.6. The van der Waals surface area contributed by atoms with E-state index < -0.39 is 15.4 Å². The van der Waals surface area contributed by atoms with Crippen molar-refractivity contribution in [1.82, 2.24) is 19.4 Å². The van der Waals surface area contributed by atoms with Crippen LogP contribution in [-0.2, 0) is 19.4 Å². The van der Waals surface area contributed by atoms with Crippen molar-refractivity contribution in [3.63, 3.8) is 0 Å². The third kappa shape index (κ3) is 8.24. The Morgan fingerprint density at radius 2 is 1.84 bits per heavy atom. The molecule has 12 heteroatoms. The fourth-order valence-electron chi connectivity index (χ4n) is 5.95. The normalized spacial score (nSPS) is 20.7. The minimum absolute atomic E-state index is 0.0440. The van der Waals surface area contributed by atoms with Gasteiger partial charge in [0.25, 0.3) is 0 Å². The monoisotopic (exact) mass is 612 g/mol. The van der Waals surface area contributed by atoms with Crippen molar-refractivity contribution in [1.29, 1.82) is 0 Å². The average molecular weight is 613 g/mol. The molecule has 3 aromatic rings. The second-order valence-corrected chi connectivity index (χ2v) is 14.7. The summed E-state index contributed by atoms with van der Waals surface area (Å²) in [6.07, 6.45) is 11.4. The highest BCUT2D eigenvalue weighted by molar-refractivity contribution is 7.90. The molecule has 1 aliphatic carbocycles. The summed E-state index contributed by atoms with van der Waals surface area (Å²) in [6, 6.07) is 10.6. The van der Waals surface area contributed by atoms with E-state index >= 15 is 0 Å². The molecule has 5 rings (SSSR count). The first-order valence-corrected chi connectivity index (χ1v) is 17.3. The van der Waals surface area contributed by atoms with E-state index in [2.05, 4.69) is 15.2 Å². The summed E-state index contributed by atoms with van der Waals surface area (Å²) in [5, 5.41) is 4.50. The minimum Gasteiger partial charge on any atom is -0.493 e. The van der Waals surface area contributed by atoms with Gasteiger partial charge in [0.05, 0.1) is 17.9 Å². The lowest BCUT2D eigenvalue weighted by Crippen LogP contribution is -2.49. The quantitative estimate of drug-likeness (QED) is 0.243. The van der Waals surface area contributed by atoms with Crippen LogP contribution in [0.25, 0.3) is 16.7 Å². The SMILES string of the molecule is CC(C)(N)C(=O)OC1CCN(C2CCC(Nc3nccc(-n4ccc5c(OCCCS(C)(=O)=O)cccc54)n3)CC2)CC1. The maximum atomic E-state index is 12.1. The number of esters is 1. The van der Waals surface area contributed by atoms with Gasteiger partial charge in [-0.1, -0.05) is 6.07 Å². The summed E-state index contributed by atoms with van der Waals surface area (Å²) >= 11 is 0. The molecule has 0 radical (unpaired) electrons. The van der Waals surface area contributed by atoms with Crippen molar-refractivity contribution >= 4 is 32.7 Å². The number of benzene rings is 1. The molecule has 234 valence electrons. The van der Waals surface area contributed by atoms with Crippen molar-refractivity contribution in [3.8, 4) is 11.6 Å². The number of ether oxygens (including phenoxy) is 2. The molecule has 1 saturated carbocycles. The molecule has 3 heterocycles. The number of carbonyl (C=O) groups excluding carboxylic acids is 1. The number of anilines is 1. The summed E-state index contributed by atoms with van der Waals surface area (Å²) in [5.41, 5.74) is 5.88. The number of nitrogens with two attached hydrogens (primary N) is 1. The molecule has 0 unspecified atom stereocenters. The molecule has 1 aliphatic heterocycles. The molecule has 0 spiro atoms. The van der Waals surface area contributed by atoms with E-state index in [1.54, 1.807) is 20.0 Å². The van der Waals surface area contributed by atoms with Crippen LogP contribution in [0.15, 0.2) is 42.7 Å². The molecular formula is C31H44N6O5S. The molecule has 0 bridgehead atoms. The molecule has 3 N–H and O–H groups in total. The number of rotatable bonds is 11. The molecule has 43 heavy (non-hydrogen) atoms. The predicted molar refractivity (Wildman–Crippen MR) is 167 cm³/mol. The van der Waals surface area contributed by atoms with Gasteiger partial charge in [0.15, 0.2) is 0 Å². The summed E-state index contributed by atoms with van der Waals surface area (Å²) in [5.74, 6) is 1.87. The zero-order valence-electron chi connectivity index (χ0n) is 25.4. The van der Waals surface area contributed by atoms with E-state index in [4.69, 9.17) is 20.2 Å². The zero-order valence-corrected chi connectivity index (χ0v) is 26.2. The van der Waals surface area contributed by atoms with Gasteiger partial charge < -0.3 is 30.0 Å². The van der Waals surface area contributed by atoms with Crippen LogP contribution in [0.4, 0.5) is 5.95 Å². The lowest BCUT2D eigenvalue weighted by Gasteiger charge is -2.41. The topological polar surface area (TPSA) is 142 Å². The summed E-state index contributed by atoms with van der Waals surface area (Å²) in [6.45, 7) is 5.58. The van der Waals surface area contributed by atoms with Crippen LogP contribution in [0.3, 0.4) is 0 Å². The number of nitrogens with zero attached hydrogens (tertiary/aromatic N) is 4. The Balaban J connectivity index is 1.13. The number of hydrogen-bond acceptors (Lipinski definition) is 10. The van der Waals surface area contributed by atoms with Crippen molar-refractivity contribution in [3.05, 3.63) is 42.7 Å². The highest BCUT2D eigenvalue weighted by atomic mass is 32.2. The number of likely N-dealkylation sites (tertiary alicyclic amines) is 1. The number of aromatic nitrogens is 3. The fourth-order valence-corrected chi connectivity index (χ4v) is 6.59. The Kier molecular flexibility index (Phi) is 9.57. The van der Waals surface area contributed by atoms with Gasteiger partial charge in [-0.05, 0) is 83.1 Å². The van der Waals surface area contributed by atoms with Crippen LogP contribution in [-0.4, -0.2) is 89.3 Å². The Hall–Kier alpha value is -3.22. The fraction of sp³-hybridized carbons (Fsp3) is 0.581. The van der Waals surface area contributed by atoms with Crippen LogP contribution in [0, 0.1) is 0 Å². The van der Waals surface area contributed by atoms with Gasteiger partial charge in [-0.15, -0.1) is 0 Å². The van der Waals surface area contributed by atoms with Crippen molar-refractivity contribution < 1.29 is 22.7 Å². The van der Waals surface area contributed by atoms with Crippen LogP contribution in [0.1, 0.15) is 58.8 Å². The molecule has 2 aliphatic rings. The summed E-state index contributed by atoms with van der Waals surface area (Å²) in [7, 11) is -3.01. The van der Waals surface area contributed by atoms with Gasteiger partial charge >= 0.3 is 5.97 Å². The van der Waals surface area contributed by atoms with Gasteiger partial charge in [0.1, 0.15) is 33.0 Å². The lowest BCUT2D eigenvalue weighted by atomic mass is 9.89. The van der Waals surface area contributed by atoms with E-state index in [0.29, 0.717) is 31.1 Å². The number of fused-ring (bicyclic) bond motifs is 1. The number of nitrogens with one attached hydrogen (secondary N) is 1. The summed E-state index contributed by atoms with van der Waals surface area (Å²) in [4.78, 5) is 24.0. The molecule has 0 amide bonds. The van der Waals surface area contributed by atoms with Crippen LogP contribution in [0.2, 0.25) is 0 Å². The molecule has 2 aromatic heterocycles. The third-order valence-electron chi connectivity index (χ3n) is 8.32. The van der Waals surface area contributed by atoms with Crippen molar-refractivity contribution in [2.24, 2.45) is 5.73 Å². The predicted octanol–water partition coefficient (Wildman–Crippen LogP) is 3.70. The first kappa shape index (κ1) is 31.2. The molecule has 2 fully saturated rings. The van der Waals surface area contributed by atoms with Gasteiger partial charge in [0, 0.05) is 49.2 Å². The Morgan fingerprint density at radius 1 is 1.09 bits per heavy atom. The van der Waals surface area contributed by atoms with Gasteiger partial charge in [-0.2, -0.15) is 4.98 Å². The number of hydrogen-bond donors (Lipinski definition) is 2. The van der Waals surface area contributed by atoms with Crippen LogP contribution >= 0.6 is 0 Å². The molecule has 11 nitrogen and oxygen atoms in total. The molecule has 1 saturated heterocycles. The van der Waals surface area contributed by atoms with Crippen LogP contribution in [0.5, 0.6) is 5.75 Å². The Bertz CT molecular complexity index is 1500. The molecule has 0 atom stereocenters. The number of carbonyl (C=O) groups is 1. The van der Waals surface area contributed by atoms with Gasteiger partial charge in [-0.3, -0.25) is 4.79 Å². The van der Waals surface area contributed by atoms with E-state index in [1.807, 2.05) is 41.1 Å². The van der Waals surface area contributed by atoms with E-state index in [0.717, 1.165) is 74.1 Å².